The third-order valence-electron chi connectivity index (χ3n) is 7.82. The molecule has 15 heteroatoms. The van der Waals surface area contributed by atoms with Gasteiger partial charge in [-0.05, 0) is 61.5 Å². The largest absolute Gasteiger partial charge is 0.487 e. The Labute approximate surface area is 268 Å². The first kappa shape index (κ1) is 33.2. The first-order valence-corrected chi connectivity index (χ1v) is 14.7. The molecule has 47 heavy (non-hydrogen) atoms. The van der Waals surface area contributed by atoms with Crippen molar-refractivity contribution in [1.82, 2.24) is 9.80 Å². The molecule has 3 atom stereocenters. The lowest BCUT2D eigenvalue weighted by Crippen LogP contribution is -2.50. The Balaban J connectivity index is 1.31. The highest BCUT2D eigenvalue weighted by atomic mass is 19.4. The van der Waals surface area contributed by atoms with Crippen LogP contribution in [0.2, 0.25) is 0 Å². The number of aliphatic hydroxyl groups is 1. The molecule has 3 aromatic rings. The van der Waals surface area contributed by atoms with E-state index in [0.717, 1.165) is 24.3 Å². The van der Waals surface area contributed by atoms with Crippen LogP contribution in [0.15, 0.2) is 60.7 Å². The molecule has 2 aliphatic heterocycles. The van der Waals surface area contributed by atoms with Crippen molar-refractivity contribution in [3.8, 4) is 17.2 Å². The molecule has 3 aromatic carbocycles. The Bertz CT molecular complexity index is 1640. The molecule has 12 nitrogen and oxygen atoms in total. The number of anilines is 3. The number of amides is 5. The van der Waals surface area contributed by atoms with Gasteiger partial charge in [0.05, 0.1) is 30.3 Å². The molecule has 4 N–H and O–H groups in total. The molecule has 0 saturated heterocycles. The highest BCUT2D eigenvalue weighted by molar-refractivity contribution is 6.02. The molecule has 0 unspecified atom stereocenters. The average Bonchev–Trinajstić information content (AvgIpc) is 3.50. The van der Waals surface area contributed by atoms with Crippen molar-refractivity contribution in [2.45, 2.75) is 32.2 Å². The smallest absolute Gasteiger partial charge is 0.416 e. The van der Waals surface area contributed by atoms with Crippen LogP contribution in [0.3, 0.4) is 0 Å². The Kier molecular flexibility index (Phi) is 9.65. The normalized spacial score (nSPS) is 17.9. The number of benzene rings is 3. The second-order valence-corrected chi connectivity index (χ2v) is 11.4. The molecule has 250 valence electrons. The van der Waals surface area contributed by atoms with Crippen molar-refractivity contribution >= 4 is 35.0 Å². The maximum Gasteiger partial charge on any atom is 0.416 e. The van der Waals surface area contributed by atoms with Gasteiger partial charge < -0.3 is 45.1 Å². The van der Waals surface area contributed by atoms with Gasteiger partial charge in [0.1, 0.15) is 11.9 Å². The van der Waals surface area contributed by atoms with Crippen LogP contribution in [0.25, 0.3) is 0 Å². The summed E-state index contributed by atoms with van der Waals surface area (Å²) in [4.78, 5) is 42.4. The predicted octanol–water partition coefficient (Wildman–Crippen LogP) is 5.46. The number of hydrogen-bond acceptors (Lipinski definition) is 7. The lowest BCUT2D eigenvalue weighted by molar-refractivity contribution is -0.137. The highest BCUT2D eigenvalue weighted by Crippen LogP contribution is 2.35. The number of fused-ring (bicyclic) bond motifs is 2. The molecule has 0 spiro atoms. The molecule has 2 aliphatic rings. The summed E-state index contributed by atoms with van der Waals surface area (Å²) in [7, 11) is 1.61. The number of rotatable bonds is 7. The Morgan fingerprint density at radius 1 is 0.957 bits per heavy atom. The summed E-state index contributed by atoms with van der Waals surface area (Å²) >= 11 is 0. The van der Waals surface area contributed by atoms with Crippen molar-refractivity contribution in [2.75, 3.05) is 49.5 Å². The van der Waals surface area contributed by atoms with E-state index < -0.39 is 41.9 Å². The number of urea groups is 2. The third kappa shape index (κ3) is 7.80. The quantitative estimate of drug-likeness (QED) is 0.264. The first-order chi connectivity index (χ1) is 22.3. The molecule has 0 aliphatic carbocycles. The molecule has 0 saturated carbocycles. The molecule has 5 rings (SSSR count). The van der Waals surface area contributed by atoms with E-state index in [1.807, 2.05) is 6.92 Å². The van der Waals surface area contributed by atoms with Gasteiger partial charge >= 0.3 is 18.2 Å². The third-order valence-corrected chi connectivity index (χ3v) is 7.82. The number of hydrogen-bond donors (Lipinski definition) is 4. The maximum absolute atomic E-state index is 13.7. The van der Waals surface area contributed by atoms with Crippen molar-refractivity contribution < 1.29 is 46.9 Å². The first-order valence-electron chi connectivity index (χ1n) is 14.7. The molecular weight excluding hydrogens is 623 g/mol. The lowest BCUT2D eigenvalue weighted by Gasteiger charge is -2.38. The van der Waals surface area contributed by atoms with Crippen LogP contribution in [-0.4, -0.2) is 78.6 Å². The fourth-order valence-electron chi connectivity index (χ4n) is 5.10. The SMILES string of the molecule is C[C@@H]1CN([C@H](C)CO)C(=O)c2cc(NC(=O)Nc3ccc(C(F)(F)F)cc3)ccc2O[C@H]1CN(C)C(=O)Nc1ccc2c(c1)OCO2. The minimum atomic E-state index is -4.51. The van der Waals surface area contributed by atoms with Crippen molar-refractivity contribution in [1.29, 1.82) is 0 Å². The lowest BCUT2D eigenvalue weighted by atomic mass is 9.99. The van der Waals surface area contributed by atoms with Crippen LogP contribution < -0.4 is 30.2 Å². The van der Waals surface area contributed by atoms with E-state index in [2.05, 4.69) is 16.0 Å². The number of carbonyl (C=O) groups is 3. The Hall–Kier alpha value is -5.18. The van der Waals surface area contributed by atoms with Gasteiger partial charge in [0.2, 0.25) is 6.79 Å². The second kappa shape index (κ2) is 13.7. The van der Waals surface area contributed by atoms with Gasteiger partial charge in [0.15, 0.2) is 11.5 Å². The van der Waals surface area contributed by atoms with E-state index in [1.165, 1.54) is 28.0 Å². The summed E-state index contributed by atoms with van der Waals surface area (Å²) in [5.74, 6) is 0.607. The fraction of sp³-hybridized carbons (Fsp3) is 0.344. The summed E-state index contributed by atoms with van der Waals surface area (Å²) in [5, 5.41) is 17.8. The van der Waals surface area contributed by atoms with Crippen LogP contribution in [0.4, 0.5) is 39.8 Å². The Morgan fingerprint density at radius 3 is 2.26 bits per heavy atom. The highest BCUT2D eigenvalue weighted by Gasteiger charge is 2.34. The number of aliphatic hydroxyl groups excluding tert-OH is 1. The number of carbonyl (C=O) groups excluding carboxylic acids is 3. The zero-order valence-corrected chi connectivity index (χ0v) is 25.8. The topological polar surface area (TPSA) is 142 Å². The van der Waals surface area contributed by atoms with E-state index in [-0.39, 0.29) is 55.1 Å². The number of halogens is 3. The summed E-state index contributed by atoms with van der Waals surface area (Å²) in [5.41, 5.74) is 0.121. The summed E-state index contributed by atoms with van der Waals surface area (Å²) in [6.45, 7) is 3.73. The van der Waals surface area contributed by atoms with E-state index in [1.54, 1.807) is 32.2 Å². The molecule has 5 amide bonds. The molecular formula is C32H34F3N5O7. The molecule has 0 aromatic heterocycles. The van der Waals surface area contributed by atoms with Crippen LogP contribution >= 0.6 is 0 Å². The van der Waals surface area contributed by atoms with E-state index >= 15 is 0 Å². The maximum atomic E-state index is 13.7. The minimum absolute atomic E-state index is 0.104. The average molecular weight is 658 g/mol. The van der Waals surface area contributed by atoms with Gasteiger partial charge in [-0.2, -0.15) is 13.2 Å². The number of nitrogens with zero attached hydrogens (tertiary/aromatic N) is 2. The standard InChI is InChI=1S/C32H34F3N5O7/c1-18-14-40(19(2)16-41)29(42)24-12-22(37-30(43)36-21-6-4-20(5-7-21)32(33,34)35)8-10-25(24)47-28(18)15-39(3)31(44)38-23-9-11-26-27(13-23)46-17-45-26/h4-13,18-19,28,41H,14-17H2,1-3H3,(H,38,44)(H2,36,37,43)/t18-,19-,28+/m1/s1. The van der Waals surface area contributed by atoms with Gasteiger partial charge in [0, 0.05) is 42.6 Å². The van der Waals surface area contributed by atoms with E-state index in [9.17, 15) is 32.7 Å². The number of ether oxygens (including phenoxy) is 3. The van der Waals surface area contributed by atoms with Crippen molar-refractivity contribution in [3.63, 3.8) is 0 Å². The van der Waals surface area contributed by atoms with Gasteiger partial charge in [-0.3, -0.25) is 4.79 Å². The number of alkyl halides is 3. The van der Waals surface area contributed by atoms with Crippen LogP contribution in [-0.2, 0) is 6.18 Å². The predicted molar refractivity (Wildman–Crippen MR) is 166 cm³/mol. The van der Waals surface area contributed by atoms with E-state index in [0.29, 0.717) is 17.2 Å². The van der Waals surface area contributed by atoms with Crippen LogP contribution in [0, 0.1) is 5.92 Å². The second-order valence-electron chi connectivity index (χ2n) is 11.4. The molecule has 0 radical (unpaired) electrons. The van der Waals surface area contributed by atoms with Crippen LogP contribution in [0.5, 0.6) is 17.2 Å². The molecule has 0 fully saturated rings. The minimum Gasteiger partial charge on any atom is -0.487 e. The van der Waals surface area contributed by atoms with Gasteiger partial charge in [-0.25, -0.2) is 9.59 Å². The fourth-order valence-corrected chi connectivity index (χ4v) is 5.10. The Morgan fingerprint density at radius 2 is 1.57 bits per heavy atom. The van der Waals surface area contributed by atoms with Gasteiger partial charge in [-0.15, -0.1) is 0 Å². The monoisotopic (exact) mass is 657 g/mol. The van der Waals surface area contributed by atoms with Crippen molar-refractivity contribution in [3.05, 3.63) is 71.8 Å². The number of nitrogens with one attached hydrogen (secondary N) is 3. The van der Waals surface area contributed by atoms with Crippen molar-refractivity contribution in [2.24, 2.45) is 5.92 Å². The molecule has 2 heterocycles. The van der Waals surface area contributed by atoms with Crippen LogP contribution in [0.1, 0.15) is 29.8 Å². The summed E-state index contributed by atoms with van der Waals surface area (Å²) < 4.78 is 55.6. The zero-order valence-electron chi connectivity index (χ0n) is 25.8. The van der Waals surface area contributed by atoms with Gasteiger partial charge in [-0.1, -0.05) is 6.92 Å². The molecule has 0 bridgehead atoms. The van der Waals surface area contributed by atoms with Gasteiger partial charge in [0.25, 0.3) is 5.91 Å². The number of likely N-dealkylation sites (N-methyl/N-ethyl adjacent to an activating group) is 1. The zero-order chi connectivity index (χ0) is 33.9. The van der Waals surface area contributed by atoms with E-state index in [4.69, 9.17) is 14.2 Å². The summed E-state index contributed by atoms with van der Waals surface area (Å²) in [6.07, 6.45) is -5.09. The summed E-state index contributed by atoms with van der Waals surface area (Å²) in [6, 6.07) is 11.8.